The number of hydrogen-bond acceptors (Lipinski definition) is 4. The highest BCUT2D eigenvalue weighted by atomic mass is 32.2. The summed E-state index contributed by atoms with van der Waals surface area (Å²) in [5, 5.41) is 2.90. The Morgan fingerprint density at radius 1 is 1.20 bits per heavy atom. The quantitative estimate of drug-likeness (QED) is 0.789. The fourth-order valence-corrected chi connectivity index (χ4v) is 4.34. The first kappa shape index (κ1) is 22.2. The molecule has 162 valence electrons. The molecule has 2 aromatic carbocycles. The summed E-state index contributed by atoms with van der Waals surface area (Å²) < 4.78 is 32.1. The maximum Gasteiger partial charge on any atom is 0.263 e. The molecule has 0 aromatic heterocycles. The first-order valence-corrected chi connectivity index (χ1v) is 11.9. The Kier molecular flexibility index (Phi) is 6.13. The van der Waals surface area contributed by atoms with Crippen molar-refractivity contribution in [3.8, 4) is 5.75 Å². The van der Waals surface area contributed by atoms with Gasteiger partial charge in [0.25, 0.3) is 5.91 Å². The summed E-state index contributed by atoms with van der Waals surface area (Å²) in [6, 6.07) is 15.4. The third-order valence-electron chi connectivity index (χ3n) is 5.34. The van der Waals surface area contributed by atoms with Crippen LogP contribution in [0.2, 0.25) is 0 Å². The van der Waals surface area contributed by atoms with Gasteiger partial charge in [-0.15, -0.1) is 0 Å². The molecular weight excluding hydrogens is 400 g/mol. The van der Waals surface area contributed by atoms with Crippen LogP contribution < -0.4 is 14.4 Å². The van der Waals surface area contributed by atoms with Crippen molar-refractivity contribution in [1.29, 1.82) is 0 Å². The number of benzene rings is 2. The molecule has 0 saturated carbocycles. The van der Waals surface area contributed by atoms with Crippen LogP contribution in [0.15, 0.2) is 48.5 Å². The van der Waals surface area contributed by atoms with Crippen LogP contribution in [0, 0.1) is 0 Å². The standard InChI is InChI=1S/C23H30N2O4S/c1-16(17-9-7-6-8-10-17)14-24-22(26)21-15-25(30(5,27)28)19-13-18(23(2,3)4)11-12-20(19)29-21/h6-13,16,21H,14-15H2,1-5H3,(H,24,26). The van der Waals surface area contributed by atoms with Gasteiger partial charge in [-0.2, -0.15) is 0 Å². The molecule has 2 aromatic rings. The van der Waals surface area contributed by atoms with Crippen LogP contribution in [0.5, 0.6) is 5.75 Å². The summed E-state index contributed by atoms with van der Waals surface area (Å²) in [4.78, 5) is 12.8. The van der Waals surface area contributed by atoms with Gasteiger partial charge in [0.15, 0.2) is 6.10 Å². The van der Waals surface area contributed by atoms with Gasteiger partial charge in [0.2, 0.25) is 10.0 Å². The summed E-state index contributed by atoms with van der Waals surface area (Å²) in [5.41, 5.74) is 2.46. The van der Waals surface area contributed by atoms with Crippen molar-refractivity contribution in [3.05, 3.63) is 59.7 Å². The minimum absolute atomic E-state index is 0.0506. The van der Waals surface area contributed by atoms with E-state index in [1.807, 2.05) is 49.4 Å². The third kappa shape index (κ3) is 4.95. The summed E-state index contributed by atoms with van der Waals surface area (Å²) in [7, 11) is -3.57. The highest BCUT2D eigenvalue weighted by molar-refractivity contribution is 7.92. The van der Waals surface area contributed by atoms with Gasteiger partial charge in [0.1, 0.15) is 5.75 Å². The maximum atomic E-state index is 12.8. The van der Waals surface area contributed by atoms with E-state index < -0.39 is 16.1 Å². The lowest BCUT2D eigenvalue weighted by Gasteiger charge is -2.35. The molecule has 2 unspecified atom stereocenters. The van der Waals surface area contributed by atoms with E-state index in [1.165, 1.54) is 4.31 Å². The van der Waals surface area contributed by atoms with Crippen LogP contribution >= 0.6 is 0 Å². The predicted molar refractivity (Wildman–Crippen MR) is 120 cm³/mol. The van der Waals surface area contributed by atoms with Gasteiger partial charge in [-0.1, -0.05) is 64.1 Å². The molecule has 0 bridgehead atoms. The lowest BCUT2D eigenvalue weighted by molar-refractivity contribution is -0.127. The lowest BCUT2D eigenvalue weighted by atomic mass is 9.86. The molecule has 1 heterocycles. The summed E-state index contributed by atoms with van der Waals surface area (Å²) >= 11 is 0. The van der Waals surface area contributed by atoms with Crippen molar-refractivity contribution >= 4 is 21.6 Å². The monoisotopic (exact) mass is 430 g/mol. The molecule has 0 spiro atoms. The van der Waals surface area contributed by atoms with Crippen molar-refractivity contribution in [2.24, 2.45) is 0 Å². The van der Waals surface area contributed by atoms with Crippen LogP contribution in [-0.4, -0.2) is 39.8 Å². The molecule has 1 aliphatic heterocycles. The van der Waals surface area contributed by atoms with Gasteiger partial charge in [-0.05, 0) is 34.6 Å². The SMILES string of the molecule is CC(CNC(=O)C1CN(S(C)(=O)=O)c2cc(C(C)(C)C)ccc2O1)c1ccccc1. The van der Waals surface area contributed by atoms with Crippen LogP contribution in [-0.2, 0) is 20.2 Å². The number of fused-ring (bicyclic) bond motifs is 1. The molecule has 3 rings (SSSR count). The zero-order valence-corrected chi connectivity index (χ0v) is 19.0. The number of nitrogens with one attached hydrogen (secondary N) is 1. The summed E-state index contributed by atoms with van der Waals surface area (Å²) in [6.45, 7) is 8.61. The fourth-order valence-electron chi connectivity index (χ4n) is 3.44. The smallest absolute Gasteiger partial charge is 0.263 e. The Bertz CT molecular complexity index is 1010. The molecular formula is C23H30N2O4S. The molecule has 0 fully saturated rings. The van der Waals surface area contributed by atoms with Crippen LogP contribution in [0.25, 0.3) is 0 Å². The Morgan fingerprint density at radius 3 is 2.47 bits per heavy atom. The number of ether oxygens (including phenoxy) is 1. The summed E-state index contributed by atoms with van der Waals surface area (Å²) in [6.07, 6.45) is 0.244. The number of hydrogen-bond donors (Lipinski definition) is 1. The van der Waals surface area contributed by atoms with Gasteiger partial charge in [-0.25, -0.2) is 8.42 Å². The average Bonchev–Trinajstić information content (AvgIpc) is 2.69. The molecule has 7 heteroatoms. The van der Waals surface area contributed by atoms with E-state index in [0.717, 1.165) is 17.4 Å². The molecule has 0 aliphatic carbocycles. The van der Waals surface area contributed by atoms with E-state index in [0.29, 0.717) is 18.0 Å². The van der Waals surface area contributed by atoms with E-state index in [-0.39, 0.29) is 23.8 Å². The molecule has 0 radical (unpaired) electrons. The van der Waals surface area contributed by atoms with Crippen molar-refractivity contribution in [2.45, 2.75) is 45.1 Å². The van der Waals surface area contributed by atoms with Crippen LogP contribution in [0.4, 0.5) is 5.69 Å². The van der Waals surface area contributed by atoms with Crippen LogP contribution in [0.1, 0.15) is 44.7 Å². The van der Waals surface area contributed by atoms with Gasteiger partial charge >= 0.3 is 0 Å². The highest BCUT2D eigenvalue weighted by Crippen LogP contribution is 2.38. The largest absolute Gasteiger partial charge is 0.476 e. The van der Waals surface area contributed by atoms with Gasteiger partial charge in [-0.3, -0.25) is 9.10 Å². The molecule has 6 nitrogen and oxygen atoms in total. The van der Waals surface area contributed by atoms with Gasteiger partial charge in [0, 0.05) is 6.54 Å². The summed E-state index contributed by atoms with van der Waals surface area (Å²) in [5.74, 6) is 0.208. The number of amides is 1. The fraction of sp³-hybridized carbons (Fsp3) is 0.435. The van der Waals surface area contributed by atoms with Gasteiger partial charge in [0.05, 0.1) is 18.5 Å². The second kappa shape index (κ2) is 8.30. The second-order valence-electron chi connectivity index (χ2n) is 8.89. The topological polar surface area (TPSA) is 75.7 Å². The van der Waals surface area contributed by atoms with E-state index in [1.54, 1.807) is 6.07 Å². The molecule has 2 atom stereocenters. The Hall–Kier alpha value is -2.54. The number of carbonyl (C=O) groups is 1. The first-order valence-electron chi connectivity index (χ1n) is 10.1. The normalized spacial score (nSPS) is 17.6. The molecule has 1 aliphatic rings. The zero-order chi connectivity index (χ0) is 22.1. The lowest BCUT2D eigenvalue weighted by Crippen LogP contribution is -2.51. The van der Waals surface area contributed by atoms with Gasteiger partial charge < -0.3 is 10.1 Å². The second-order valence-corrected chi connectivity index (χ2v) is 10.8. The molecule has 1 amide bonds. The van der Waals surface area contributed by atoms with Crippen molar-refractivity contribution in [2.75, 3.05) is 23.7 Å². The van der Waals surface area contributed by atoms with E-state index >= 15 is 0 Å². The number of nitrogens with zero attached hydrogens (tertiary/aromatic N) is 1. The average molecular weight is 431 g/mol. The number of rotatable bonds is 5. The minimum Gasteiger partial charge on any atom is -0.476 e. The number of carbonyl (C=O) groups excluding carboxylic acids is 1. The number of sulfonamides is 1. The Balaban J connectivity index is 1.79. The molecule has 1 N–H and O–H groups in total. The Labute approximate surface area is 179 Å². The third-order valence-corrected chi connectivity index (χ3v) is 6.48. The Morgan fingerprint density at radius 2 is 1.87 bits per heavy atom. The molecule has 0 saturated heterocycles. The van der Waals surface area contributed by atoms with Crippen molar-refractivity contribution in [3.63, 3.8) is 0 Å². The zero-order valence-electron chi connectivity index (χ0n) is 18.2. The van der Waals surface area contributed by atoms with E-state index in [4.69, 9.17) is 4.74 Å². The van der Waals surface area contributed by atoms with Crippen molar-refractivity contribution < 1.29 is 17.9 Å². The first-order chi connectivity index (χ1) is 14.0. The van der Waals surface area contributed by atoms with Crippen LogP contribution in [0.3, 0.4) is 0 Å². The maximum absolute atomic E-state index is 12.8. The highest BCUT2D eigenvalue weighted by Gasteiger charge is 2.35. The minimum atomic E-state index is -3.57. The van der Waals surface area contributed by atoms with Crippen molar-refractivity contribution in [1.82, 2.24) is 5.32 Å². The molecule has 30 heavy (non-hydrogen) atoms. The number of anilines is 1. The van der Waals surface area contributed by atoms with E-state index in [9.17, 15) is 13.2 Å². The van der Waals surface area contributed by atoms with E-state index in [2.05, 4.69) is 26.1 Å². The predicted octanol–water partition coefficient (Wildman–Crippen LogP) is 3.43.